The second-order valence-corrected chi connectivity index (χ2v) is 6.95. The summed E-state index contributed by atoms with van der Waals surface area (Å²) in [6.45, 7) is 2.56. The summed E-state index contributed by atoms with van der Waals surface area (Å²) in [5, 5.41) is 11.7. The summed E-state index contributed by atoms with van der Waals surface area (Å²) in [4.78, 5) is 13.4. The maximum atomic E-state index is 12.6. The molecule has 0 saturated carbocycles. The Morgan fingerprint density at radius 1 is 0.966 bits per heavy atom. The number of nitrogens with one attached hydrogen (secondary N) is 1. The standard InChI is InChI=1S/C23H20N2O3S/c1-2-27-18-11-13-20(14-12-18)28-19-9-7-17(8-10-19)25-23(26)21-5-3-4-6-22(21)29-16-15-24/h3-14H,2,16H2,1H3,(H,25,26). The number of ether oxygens (including phenoxy) is 2. The summed E-state index contributed by atoms with van der Waals surface area (Å²) in [6.07, 6.45) is 0. The molecule has 146 valence electrons. The van der Waals surface area contributed by atoms with Gasteiger partial charge in [0.25, 0.3) is 5.91 Å². The molecule has 0 bridgehead atoms. The normalized spacial score (nSPS) is 10.1. The van der Waals surface area contributed by atoms with Crippen LogP contribution in [0.25, 0.3) is 0 Å². The zero-order valence-electron chi connectivity index (χ0n) is 15.9. The fraction of sp³-hybridized carbons (Fsp3) is 0.130. The molecule has 0 fully saturated rings. The van der Waals surface area contributed by atoms with Gasteiger partial charge in [-0.1, -0.05) is 12.1 Å². The zero-order valence-corrected chi connectivity index (χ0v) is 16.7. The minimum Gasteiger partial charge on any atom is -0.494 e. The quantitative estimate of drug-likeness (QED) is 0.484. The smallest absolute Gasteiger partial charge is 0.256 e. The molecule has 0 spiro atoms. The van der Waals surface area contributed by atoms with Crippen LogP contribution in [0.2, 0.25) is 0 Å². The van der Waals surface area contributed by atoms with E-state index in [1.54, 1.807) is 36.4 Å². The Hall–Kier alpha value is -3.43. The molecule has 3 aromatic carbocycles. The molecule has 6 heteroatoms. The third kappa shape index (κ3) is 5.77. The highest BCUT2D eigenvalue weighted by atomic mass is 32.2. The first-order valence-electron chi connectivity index (χ1n) is 9.10. The van der Waals surface area contributed by atoms with Crippen LogP contribution in [-0.2, 0) is 0 Å². The molecule has 29 heavy (non-hydrogen) atoms. The van der Waals surface area contributed by atoms with Crippen molar-refractivity contribution in [3.05, 3.63) is 78.4 Å². The van der Waals surface area contributed by atoms with Crippen molar-refractivity contribution in [2.75, 3.05) is 17.7 Å². The van der Waals surface area contributed by atoms with Gasteiger partial charge in [-0.15, -0.1) is 11.8 Å². The number of rotatable bonds is 8. The first-order chi connectivity index (χ1) is 14.2. The molecular formula is C23H20N2O3S. The maximum Gasteiger partial charge on any atom is 0.256 e. The van der Waals surface area contributed by atoms with Crippen LogP contribution < -0.4 is 14.8 Å². The lowest BCUT2D eigenvalue weighted by Crippen LogP contribution is -2.12. The van der Waals surface area contributed by atoms with Crippen molar-refractivity contribution < 1.29 is 14.3 Å². The lowest BCUT2D eigenvalue weighted by molar-refractivity contribution is 0.102. The molecular weight excluding hydrogens is 384 g/mol. The highest BCUT2D eigenvalue weighted by molar-refractivity contribution is 7.99. The predicted octanol–water partition coefficient (Wildman–Crippen LogP) is 5.75. The Morgan fingerprint density at radius 2 is 1.59 bits per heavy atom. The minimum atomic E-state index is -0.216. The monoisotopic (exact) mass is 404 g/mol. The van der Waals surface area contributed by atoms with Gasteiger partial charge in [0.15, 0.2) is 0 Å². The molecule has 0 aliphatic carbocycles. The van der Waals surface area contributed by atoms with E-state index in [-0.39, 0.29) is 5.91 Å². The van der Waals surface area contributed by atoms with E-state index in [2.05, 4.69) is 11.4 Å². The molecule has 3 aromatic rings. The van der Waals surface area contributed by atoms with Crippen molar-refractivity contribution in [1.29, 1.82) is 5.26 Å². The molecule has 1 amide bonds. The Balaban J connectivity index is 1.63. The van der Waals surface area contributed by atoms with Crippen LogP contribution in [0.15, 0.2) is 77.7 Å². The number of amides is 1. The van der Waals surface area contributed by atoms with Gasteiger partial charge >= 0.3 is 0 Å². The van der Waals surface area contributed by atoms with Crippen LogP contribution in [-0.4, -0.2) is 18.3 Å². The van der Waals surface area contributed by atoms with Gasteiger partial charge in [0.2, 0.25) is 0 Å². The molecule has 0 heterocycles. The van der Waals surface area contributed by atoms with Crippen molar-refractivity contribution in [1.82, 2.24) is 0 Å². The summed E-state index contributed by atoms with van der Waals surface area (Å²) >= 11 is 1.34. The summed E-state index contributed by atoms with van der Waals surface area (Å²) in [5.41, 5.74) is 1.21. The van der Waals surface area contributed by atoms with Gasteiger partial charge in [0, 0.05) is 10.6 Å². The third-order valence-electron chi connectivity index (χ3n) is 3.91. The molecule has 0 unspecified atom stereocenters. The number of carbonyl (C=O) groups excluding carboxylic acids is 1. The van der Waals surface area contributed by atoms with Crippen molar-refractivity contribution in [3.8, 4) is 23.3 Å². The number of hydrogen-bond donors (Lipinski definition) is 1. The lowest BCUT2D eigenvalue weighted by Gasteiger charge is -2.10. The molecule has 5 nitrogen and oxygen atoms in total. The van der Waals surface area contributed by atoms with Gasteiger partial charge < -0.3 is 14.8 Å². The number of thioether (sulfide) groups is 1. The highest BCUT2D eigenvalue weighted by Crippen LogP contribution is 2.26. The van der Waals surface area contributed by atoms with Gasteiger partial charge in [0.1, 0.15) is 17.2 Å². The van der Waals surface area contributed by atoms with E-state index in [9.17, 15) is 4.79 Å². The van der Waals surface area contributed by atoms with E-state index < -0.39 is 0 Å². The highest BCUT2D eigenvalue weighted by Gasteiger charge is 2.11. The average Bonchev–Trinajstić information content (AvgIpc) is 2.75. The van der Waals surface area contributed by atoms with Crippen LogP contribution in [0.3, 0.4) is 0 Å². The first-order valence-corrected chi connectivity index (χ1v) is 10.1. The number of benzene rings is 3. The van der Waals surface area contributed by atoms with Crippen molar-refractivity contribution in [2.45, 2.75) is 11.8 Å². The molecule has 0 saturated heterocycles. The second-order valence-electron chi connectivity index (χ2n) is 5.93. The van der Waals surface area contributed by atoms with Crippen molar-refractivity contribution in [3.63, 3.8) is 0 Å². The molecule has 0 aromatic heterocycles. The SMILES string of the molecule is CCOc1ccc(Oc2ccc(NC(=O)c3ccccc3SCC#N)cc2)cc1. The molecule has 1 N–H and O–H groups in total. The number of anilines is 1. The molecule has 0 atom stereocenters. The van der Waals surface area contributed by atoms with Crippen molar-refractivity contribution in [2.24, 2.45) is 0 Å². The minimum absolute atomic E-state index is 0.216. The molecule has 3 rings (SSSR count). The average molecular weight is 404 g/mol. The van der Waals surface area contributed by atoms with Crippen LogP contribution in [0.4, 0.5) is 5.69 Å². The van der Waals surface area contributed by atoms with Crippen LogP contribution in [0, 0.1) is 11.3 Å². The third-order valence-corrected chi connectivity index (χ3v) is 4.85. The summed E-state index contributed by atoms with van der Waals surface area (Å²) in [5.74, 6) is 2.24. The van der Waals surface area contributed by atoms with Gasteiger partial charge in [-0.25, -0.2) is 0 Å². The first kappa shape index (κ1) is 20.3. The number of carbonyl (C=O) groups is 1. The fourth-order valence-corrected chi connectivity index (χ4v) is 3.31. The van der Waals surface area contributed by atoms with Crippen LogP contribution in [0.5, 0.6) is 17.2 Å². The summed E-state index contributed by atoms with van der Waals surface area (Å²) in [6, 6.07) is 23.9. The number of hydrogen-bond acceptors (Lipinski definition) is 5. The van der Waals surface area contributed by atoms with Crippen molar-refractivity contribution >= 4 is 23.4 Å². The Labute approximate surface area is 174 Å². The van der Waals surface area contributed by atoms with Gasteiger partial charge in [-0.2, -0.15) is 5.26 Å². The van der Waals surface area contributed by atoms with Gasteiger partial charge in [0.05, 0.1) is 24.0 Å². The Morgan fingerprint density at radius 3 is 2.24 bits per heavy atom. The summed E-state index contributed by atoms with van der Waals surface area (Å²) in [7, 11) is 0. The van der Waals surface area contributed by atoms with E-state index in [4.69, 9.17) is 14.7 Å². The largest absolute Gasteiger partial charge is 0.494 e. The number of nitrogens with zero attached hydrogens (tertiary/aromatic N) is 1. The molecule has 0 aliphatic heterocycles. The van der Waals surface area contributed by atoms with Crippen LogP contribution in [0.1, 0.15) is 17.3 Å². The Kier molecular flexibility index (Phi) is 7.15. The topological polar surface area (TPSA) is 71.3 Å². The van der Waals surface area contributed by atoms with E-state index in [1.165, 1.54) is 11.8 Å². The van der Waals surface area contributed by atoms with E-state index in [1.807, 2.05) is 43.3 Å². The van der Waals surface area contributed by atoms with Gasteiger partial charge in [-0.05, 0) is 67.6 Å². The Bertz CT molecular complexity index is 996. The predicted molar refractivity (Wildman–Crippen MR) is 115 cm³/mol. The van der Waals surface area contributed by atoms with E-state index in [0.29, 0.717) is 35.1 Å². The second kappa shape index (κ2) is 10.2. The zero-order chi connectivity index (χ0) is 20.5. The maximum absolute atomic E-state index is 12.6. The lowest BCUT2D eigenvalue weighted by atomic mass is 10.2. The van der Waals surface area contributed by atoms with E-state index >= 15 is 0 Å². The van der Waals surface area contributed by atoms with Crippen LogP contribution >= 0.6 is 11.8 Å². The molecule has 0 radical (unpaired) electrons. The number of nitriles is 1. The fourth-order valence-electron chi connectivity index (χ4n) is 2.60. The van der Waals surface area contributed by atoms with E-state index in [0.717, 1.165) is 10.6 Å². The van der Waals surface area contributed by atoms with Gasteiger partial charge in [-0.3, -0.25) is 4.79 Å². The molecule has 0 aliphatic rings. The summed E-state index contributed by atoms with van der Waals surface area (Å²) < 4.78 is 11.2.